The number of thioether (sulfide) groups is 1. The Hall–Kier alpha value is 0.0200. The van der Waals surface area contributed by atoms with Crippen molar-refractivity contribution >= 4 is 39.1 Å². The zero-order valence-corrected chi connectivity index (χ0v) is 11.1. The Morgan fingerprint density at radius 1 is 1.50 bits per heavy atom. The number of halogens is 1. The number of rotatable bonds is 5. The van der Waals surface area contributed by atoms with Crippen LogP contribution in [0.15, 0.2) is 0 Å². The molecule has 1 aliphatic rings. The Labute approximate surface area is 104 Å². The van der Waals surface area contributed by atoms with Crippen molar-refractivity contribution < 1.29 is 13.2 Å². The number of alkyl halides is 1. The zero-order chi connectivity index (χ0) is 12.2. The standard InChI is InChI=1S/C8H15ClN2O3S2/c9-6-4-16(13,14)5-7(6)11-8(12)3-15-2-1-10/h6-7H,1-5,10H2,(H,11,12). The van der Waals surface area contributed by atoms with Gasteiger partial charge in [-0.25, -0.2) is 8.42 Å². The molecule has 8 heteroatoms. The van der Waals surface area contributed by atoms with E-state index in [1.807, 2.05) is 0 Å². The van der Waals surface area contributed by atoms with Gasteiger partial charge in [-0.05, 0) is 0 Å². The smallest absolute Gasteiger partial charge is 0.230 e. The van der Waals surface area contributed by atoms with Crippen molar-refractivity contribution in [2.75, 3.05) is 29.6 Å². The molecule has 0 aromatic rings. The molecule has 2 unspecified atom stereocenters. The average molecular weight is 287 g/mol. The van der Waals surface area contributed by atoms with Crippen LogP contribution in [0.25, 0.3) is 0 Å². The summed E-state index contributed by atoms with van der Waals surface area (Å²) in [7, 11) is -3.09. The van der Waals surface area contributed by atoms with Crippen LogP contribution in [0.3, 0.4) is 0 Å². The molecule has 0 bridgehead atoms. The summed E-state index contributed by atoms with van der Waals surface area (Å²) in [6.45, 7) is 0.522. The van der Waals surface area contributed by atoms with Crippen molar-refractivity contribution in [3.63, 3.8) is 0 Å². The summed E-state index contributed by atoms with van der Waals surface area (Å²) in [5.41, 5.74) is 5.28. The van der Waals surface area contributed by atoms with E-state index in [1.54, 1.807) is 0 Å². The topological polar surface area (TPSA) is 89.3 Å². The molecule has 0 aromatic carbocycles. The number of hydrogen-bond acceptors (Lipinski definition) is 5. The summed E-state index contributed by atoms with van der Waals surface area (Å²) in [5.74, 6) is 0.688. The van der Waals surface area contributed by atoms with Gasteiger partial charge in [0.15, 0.2) is 9.84 Å². The minimum absolute atomic E-state index is 0.0601. The summed E-state index contributed by atoms with van der Waals surface area (Å²) in [6, 6.07) is -0.461. The summed E-state index contributed by atoms with van der Waals surface area (Å²) in [6.07, 6.45) is 0. The van der Waals surface area contributed by atoms with Crippen molar-refractivity contribution in [1.29, 1.82) is 0 Å². The van der Waals surface area contributed by atoms with Crippen LogP contribution in [0.1, 0.15) is 0 Å². The summed E-state index contributed by atoms with van der Waals surface area (Å²) >= 11 is 7.26. The van der Waals surface area contributed by atoms with Crippen LogP contribution in [-0.4, -0.2) is 55.3 Å². The second-order valence-corrected chi connectivity index (χ2v) is 7.43. The third kappa shape index (κ3) is 4.48. The van der Waals surface area contributed by atoms with Gasteiger partial charge < -0.3 is 11.1 Å². The van der Waals surface area contributed by atoms with Crippen molar-refractivity contribution in [3.8, 4) is 0 Å². The summed E-state index contributed by atoms with van der Waals surface area (Å²) < 4.78 is 22.5. The third-order valence-electron chi connectivity index (χ3n) is 2.12. The van der Waals surface area contributed by atoms with E-state index in [-0.39, 0.29) is 23.2 Å². The molecule has 94 valence electrons. The normalized spacial score (nSPS) is 27.9. The lowest BCUT2D eigenvalue weighted by Gasteiger charge is -2.13. The SMILES string of the molecule is NCCSCC(=O)NC1CS(=O)(=O)CC1Cl. The number of sulfone groups is 1. The van der Waals surface area contributed by atoms with Gasteiger partial charge >= 0.3 is 0 Å². The van der Waals surface area contributed by atoms with E-state index in [1.165, 1.54) is 11.8 Å². The van der Waals surface area contributed by atoms with E-state index in [0.29, 0.717) is 12.3 Å². The van der Waals surface area contributed by atoms with Crippen LogP contribution < -0.4 is 11.1 Å². The van der Waals surface area contributed by atoms with E-state index < -0.39 is 21.3 Å². The monoisotopic (exact) mass is 286 g/mol. The lowest BCUT2D eigenvalue weighted by molar-refractivity contribution is -0.119. The molecule has 0 aliphatic carbocycles. The Balaban J connectivity index is 2.35. The number of carbonyl (C=O) groups is 1. The van der Waals surface area contributed by atoms with Gasteiger partial charge in [-0.1, -0.05) is 0 Å². The number of nitrogens with two attached hydrogens (primary N) is 1. The van der Waals surface area contributed by atoms with Gasteiger partial charge in [0.05, 0.1) is 28.7 Å². The fourth-order valence-corrected chi connectivity index (χ4v) is 4.56. The molecule has 5 nitrogen and oxygen atoms in total. The molecular formula is C8H15ClN2O3S2. The van der Waals surface area contributed by atoms with Gasteiger partial charge in [-0.2, -0.15) is 11.8 Å². The molecule has 0 radical (unpaired) electrons. The van der Waals surface area contributed by atoms with Gasteiger partial charge in [0, 0.05) is 12.3 Å². The zero-order valence-electron chi connectivity index (χ0n) is 8.69. The van der Waals surface area contributed by atoms with Crippen LogP contribution >= 0.6 is 23.4 Å². The Bertz CT molecular complexity index is 347. The van der Waals surface area contributed by atoms with Gasteiger partial charge in [-0.3, -0.25) is 4.79 Å². The highest BCUT2D eigenvalue weighted by Gasteiger charge is 2.37. The van der Waals surface area contributed by atoms with E-state index in [2.05, 4.69) is 5.32 Å². The highest BCUT2D eigenvalue weighted by molar-refractivity contribution is 7.99. The molecule has 16 heavy (non-hydrogen) atoms. The highest BCUT2D eigenvalue weighted by atomic mass is 35.5. The molecule has 1 fully saturated rings. The number of hydrogen-bond donors (Lipinski definition) is 2. The molecule has 0 aromatic heterocycles. The maximum atomic E-state index is 11.4. The van der Waals surface area contributed by atoms with Gasteiger partial charge in [0.2, 0.25) is 5.91 Å². The molecule has 1 saturated heterocycles. The fraction of sp³-hybridized carbons (Fsp3) is 0.875. The molecular weight excluding hydrogens is 272 g/mol. The first-order valence-electron chi connectivity index (χ1n) is 4.86. The average Bonchev–Trinajstić information content (AvgIpc) is 2.40. The van der Waals surface area contributed by atoms with Crippen molar-refractivity contribution in [3.05, 3.63) is 0 Å². The van der Waals surface area contributed by atoms with Crippen LogP contribution in [0, 0.1) is 0 Å². The van der Waals surface area contributed by atoms with E-state index in [0.717, 1.165) is 0 Å². The molecule has 1 rings (SSSR count). The quantitative estimate of drug-likeness (QED) is 0.510. The highest BCUT2D eigenvalue weighted by Crippen LogP contribution is 2.18. The maximum Gasteiger partial charge on any atom is 0.230 e. The predicted molar refractivity (Wildman–Crippen MR) is 66.6 cm³/mol. The molecule has 0 saturated carbocycles. The van der Waals surface area contributed by atoms with Crippen molar-refractivity contribution in [2.24, 2.45) is 5.73 Å². The molecule has 1 aliphatic heterocycles. The minimum atomic E-state index is -3.09. The first-order valence-corrected chi connectivity index (χ1v) is 8.27. The van der Waals surface area contributed by atoms with Gasteiger partial charge in [-0.15, -0.1) is 11.6 Å². The Morgan fingerprint density at radius 2 is 2.19 bits per heavy atom. The van der Waals surface area contributed by atoms with Gasteiger partial charge in [0.1, 0.15) is 0 Å². The molecule has 0 spiro atoms. The molecule has 1 amide bonds. The number of amides is 1. The van der Waals surface area contributed by atoms with E-state index in [9.17, 15) is 13.2 Å². The number of nitrogens with one attached hydrogen (secondary N) is 1. The van der Waals surface area contributed by atoms with E-state index in [4.69, 9.17) is 17.3 Å². The van der Waals surface area contributed by atoms with Crippen LogP contribution in [0.5, 0.6) is 0 Å². The lowest BCUT2D eigenvalue weighted by atomic mass is 10.2. The van der Waals surface area contributed by atoms with Crippen LogP contribution in [0.2, 0.25) is 0 Å². The third-order valence-corrected chi connectivity index (χ3v) is 5.49. The molecule has 3 N–H and O–H groups in total. The minimum Gasteiger partial charge on any atom is -0.350 e. The number of carbonyl (C=O) groups excluding carboxylic acids is 1. The van der Waals surface area contributed by atoms with E-state index >= 15 is 0 Å². The first kappa shape index (κ1) is 14.1. The lowest BCUT2D eigenvalue weighted by Crippen LogP contribution is -2.41. The second kappa shape index (κ2) is 6.09. The predicted octanol–water partition coefficient (Wildman–Crippen LogP) is -0.801. The van der Waals surface area contributed by atoms with Gasteiger partial charge in [0.25, 0.3) is 0 Å². The first-order chi connectivity index (χ1) is 7.44. The Kier molecular flexibility index (Phi) is 5.36. The molecule has 1 heterocycles. The second-order valence-electron chi connectivity index (χ2n) is 3.61. The summed E-state index contributed by atoms with van der Waals surface area (Å²) in [5, 5.41) is 2.11. The molecule has 2 atom stereocenters. The largest absolute Gasteiger partial charge is 0.350 e. The maximum absolute atomic E-state index is 11.4. The summed E-state index contributed by atoms with van der Waals surface area (Å²) in [4.78, 5) is 11.4. The van der Waals surface area contributed by atoms with Crippen LogP contribution in [0.4, 0.5) is 0 Å². The Morgan fingerprint density at radius 3 is 2.69 bits per heavy atom. The fourth-order valence-electron chi connectivity index (χ4n) is 1.43. The van der Waals surface area contributed by atoms with Crippen LogP contribution in [-0.2, 0) is 14.6 Å². The van der Waals surface area contributed by atoms with Crippen molar-refractivity contribution in [2.45, 2.75) is 11.4 Å². The van der Waals surface area contributed by atoms with Crippen molar-refractivity contribution in [1.82, 2.24) is 5.32 Å².